The first-order chi connectivity index (χ1) is 11.8. The maximum atomic E-state index is 12.4. The number of sulfone groups is 1. The van der Waals surface area contributed by atoms with Crippen LogP contribution in [0.5, 0.6) is 0 Å². The van der Waals surface area contributed by atoms with Gasteiger partial charge in [0.15, 0.2) is 9.84 Å². The first kappa shape index (κ1) is 18.7. The molecule has 1 atom stereocenters. The fourth-order valence-corrected chi connectivity index (χ4v) is 2.96. The average Bonchev–Trinajstić information content (AvgIpc) is 2.60. The van der Waals surface area contributed by atoms with E-state index in [2.05, 4.69) is 5.32 Å². The Kier molecular flexibility index (Phi) is 5.93. The topological polar surface area (TPSA) is 89.5 Å². The number of carbonyl (C=O) groups is 2. The average molecular weight is 361 g/mol. The van der Waals surface area contributed by atoms with Crippen molar-refractivity contribution >= 4 is 21.7 Å². The zero-order chi connectivity index (χ0) is 18.4. The van der Waals surface area contributed by atoms with Gasteiger partial charge in [0.2, 0.25) is 0 Å². The van der Waals surface area contributed by atoms with Crippen molar-refractivity contribution in [1.82, 2.24) is 5.32 Å². The second-order valence-electron chi connectivity index (χ2n) is 5.54. The molecule has 1 amide bonds. The van der Waals surface area contributed by atoms with Crippen LogP contribution in [0.1, 0.15) is 15.9 Å². The van der Waals surface area contributed by atoms with E-state index in [0.29, 0.717) is 0 Å². The maximum absolute atomic E-state index is 12.4. The zero-order valence-electron chi connectivity index (χ0n) is 13.9. The third kappa shape index (κ3) is 5.15. The molecule has 0 fully saturated rings. The molecule has 25 heavy (non-hydrogen) atoms. The molecule has 0 aliphatic rings. The summed E-state index contributed by atoms with van der Waals surface area (Å²) >= 11 is 0. The molecule has 2 aromatic rings. The SMILES string of the molecule is COC(=O)C(Cc1ccccc1)NC(=O)c1cccc(S(C)(=O)=O)c1. The molecule has 0 saturated heterocycles. The van der Waals surface area contributed by atoms with Crippen LogP contribution >= 0.6 is 0 Å². The lowest BCUT2D eigenvalue weighted by atomic mass is 10.1. The highest BCUT2D eigenvalue weighted by Crippen LogP contribution is 2.12. The van der Waals surface area contributed by atoms with Crippen LogP contribution in [0, 0.1) is 0 Å². The molecule has 0 aromatic heterocycles. The molecule has 2 aromatic carbocycles. The van der Waals surface area contributed by atoms with Gasteiger partial charge in [-0.25, -0.2) is 13.2 Å². The van der Waals surface area contributed by atoms with Gasteiger partial charge < -0.3 is 10.1 Å². The van der Waals surface area contributed by atoms with Crippen molar-refractivity contribution in [3.63, 3.8) is 0 Å². The Morgan fingerprint density at radius 2 is 1.76 bits per heavy atom. The summed E-state index contributed by atoms with van der Waals surface area (Å²) in [5.41, 5.74) is 1.02. The summed E-state index contributed by atoms with van der Waals surface area (Å²) < 4.78 is 28.0. The van der Waals surface area contributed by atoms with E-state index < -0.39 is 27.8 Å². The molecule has 0 heterocycles. The maximum Gasteiger partial charge on any atom is 0.328 e. The van der Waals surface area contributed by atoms with Crippen molar-refractivity contribution in [2.75, 3.05) is 13.4 Å². The summed E-state index contributed by atoms with van der Waals surface area (Å²) in [5, 5.41) is 2.60. The number of hydrogen-bond donors (Lipinski definition) is 1. The minimum atomic E-state index is -3.43. The van der Waals surface area contributed by atoms with Gasteiger partial charge in [0, 0.05) is 18.2 Å². The highest BCUT2D eigenvalue weighted by molar-refractivity contribution is 7.90. The summed E-state index contributed by atoms with van der Waals surface area (Å²) in [6.07, 6.45) is 1.34. The third-order valence-electron chi connectivity index (χ3n) is 3.60. The largest absolute Gasteiger partial charge is 0.467 e. The standard InChI is InChI=1S/C18H19NO5S/c1-24-18(21)16(11-13-7-4-3-5-8-13)19-17(20)14-9-6-10-15(12-14)25(2,22)23/h3-10,12,16H,11H2,1-2H3,(H,19,20). The van der Waals surface area contributed by atoms with Crippen LogP contribution in [0.15, 0.2) is 59.5 Å². The van der Waals surface area contributed by atoms with Crippen LogP contribution < -0.4 is 5.32 Å². The number of benzene rings is 2. The van der Waals surface area contributed by atoms with Crippen LogP contribution in [0.2, 0.25) is 0 Å². The monoisotopic (exact) mass is 361 g/mol. The van der Waals surface area contributed by atoms with Gasteiger partial charge in [-0.05, 0) is 23.8 Å². The molecule has 0 radical (unpaired) electrons. The van der Waals surface area contributed by atoms with Crippen molar-refractivity contribution in [3.05, 3.63) is 65.7 Å². The van der Waals surface area contributed by atoms with Crippen LogP contribution in [0.25, 0.3) is 0 Å². The molecular formula is C18H19NO5S. The molecule has 132 valence electrons. The van der Waals surface area contributed by atoms with E-state index in [4.69, 9.17) is 4.74 Å². The molecule has 2 rings (SSSR count). The Hall–Kier alpha value is -2.67. The molecule has 0 aliphatic carbocycles. The van der Waals surface area contributed by atoms with E-state index in [1.165, 1.54) is 31.4 Å². The van der Waals surface area contributed by atoms with E-state index in [0.717, 1.165) is 11.8 Å². The third-order valence-corrected chi connectivity index (χ3v) is 4.71. The fraction of sp³-hybridized carbons (Fsp3) is 0.222. The van der Waals surface area contributed by atoms with Gasteiger partial charge in [0.1, 0.15) is 6.04 Å². The molecule has 0 bridgehead atoms. The van der Waals surface area contributed by atoms with Crippen LogP contribution in [0.4, 0.5) is 0 Å². The Labute approximate surface area is 146 Å². The predicted octanol–water partition coefficient (Wildman–Crippen LogP) is 1.60. The van der Waals surface area contributed by atoms with Gasteiger partial charge in [-0.3, -0.25) is 4.79 Å². The van der Waals surface area contributed by atoms with E-state index in [9.17, 15) is 18.0 Å². The lowest BCUT2D eigenvalue weighted by molar-refractivity contribution is -0.142. The minimum absolute atomic E-state index is 0.0397. The molecule has 1 unspecified atom stereocenters. The Bertz CT molecular complexity index is 862. The summed E-state index contributed by atoms with van der Waals surface area (Å²) in [6.45, 7) is 0. The van der Waals surface area contributed by atoms with E-state index in [-0.39, 0.29) is 16.9 Å². The second-order valence-corrected chi connectivity index (χ2v) is 7.55. The van der Waals surface area contributed by atoms with Gasteiger partial charge in [-0.2, -0.15) is 0 Å². The zero-order valence-corrected chi connectivity index (χ0v) is 14.7. The first-order valence-corrected chi connectivity index (χ1v) is 9.43. The van der Waals surface area contributed by atoms with Crippen molar-refractivity contribution in [2.45, 2.75) is 17.4 Å². The van der Waals surface area contributed by atoms with Crippen molar-refractivity contribution in [2.24, 2.45) is 0 Å². The van der Waals surface area contributed by atoms with Crippen molar-refractivity contribution in [3.8, 4) is 0 Å². The lowest BCUT2D eigenvalue weighted by Gasteiger charge is -2.17. The van der Waals surface area contributed by atoms with Crippen molar-refractivity contribution in [1.29, 1.82) is 0 Å². The summed E-state index contributed by atoms with van der Waals surface area (Å²) in [7, 11) is -2.18. The Balaban J connectivity index is 2.21. The molecule has 7 heteroatoms. The number of ether oxygens (including phenoxy) is 1. The normalized spacial score (nSPS) is 12.2. The number of esters is 1. The second kappa shape index (κ2) is 7.94. The summed E-state index contributed by atoms with van der Waals surface area (Å²) in [6, 6.07) is 14.0. The van der Waals surface area contributed by atoms with Crippen LogP contribution in [-0.4, -0.2) is 39.7 Å². The molecule has 6 nitrogen and oxygen atoms in total. The van der Waals surface area contributed by atoms with Gasteiger partial charge in [-0.1, -0.05) is 36.4 Å². The van der Waals surface area contributed by atoms with Gasteiger partial charge >= 0.3 is 5.97 Å². The highest BCUT2D eigenvalue weighted by atomic mass is 32.2. The molecule has 0 aliphatic heterocycles. The summed E-state index contributed by atoms with van der Waals surface area (Å²) in [5.74, 6) is -1.12. The Morgan fingerprint density at radius 3 is 2.36 bits per heavy atom. The quantitative estimate of drug-likeness (QED) is 0.790. The molecule has 1 N–H and O–H groups in total. The lowest BCUT2D eigenvalue weighted by Crippen LogP contribution is -2.43. The van der Waals surface area contributed by atoms with Crippen molar-refractivity contribution < 1.29 is 22.7 Å². The smallest absolute Gasteiger partial charge is 0.328 e. The van der Waals surface area contributed by atoms with Gasteiger partial charge in [0.25, 0.3) is 5.91 Å². The number of carbonyl (C=O) groups excluding carboxylic acids is 2. The predicted molar refractivity (Wildman–Crippen MR) is 93.0 cm³/mol. The van der Waals surface area contributed by atoms with E-state index >= 15 is 0 Å². The number of amides is 1. The number of rotatable bonds is 6. The van der Waals surface area contributed by atoms with Crippen LogP contribution in [0.3, 0.4) is 0 Å². The highest BCUT2D eigenvalue weighted by Gasteiger charge is 2.23. The summed E-state index contributed by atoms with van der Waals surface area (Å²) in [4.78, 5) is 24.4. The molecule has 0 saturated carbocycles. The van der Waals surface area contributed by atoms with Crippen LogP contribution in [-0.2, 0) is 25.8 Å². The van der Waals surface area contributed by atoms with E-state index in [1.54, 1.807) is 0 Å². The van der Waals surface area contributed by atoms with Gasteiger partial charge in [0.05, 0.1) is 12.0 Å². The Morgan fingerprint density at radius 1 is 1.08 bits per heavy atom. The van der Waals surface area contributed by atoms with Gasteiger partial charge in [-0.15, -0.1) is 0 Å². The first-order valence-electron chi connectivity index (χ1n) is 7.54. The molecular weight excluding hydrogens is 342 g/mol. The number of methoxy groups -OCH3 is 1. The number of hydrogen-bond acceptors (Lipinski definition) is 5. The van der Waals surface area contributed by atoms with E-state index in [1.807, 2.05) is 30.3 Å². The minimum Gasteiger partial charge on any atom is -0.467 e. The fourth-order valence-electron chi connectivity index (χ4n) is 2.29. The molecule has 0 spiro atoms. The number of nitrogens with one attached hydrogen (secondary N) is 1.